The van der Waals surface area contributed by atoms with Crippen LogP contribution in [0, 0.1) is 0 Å². The number of hydrogen-bond donors (Lipinski definition) is 2. The molecular weight excluding hydrogens is 462 g/mol. The van der Waals surface area contributed by atoms with Gasteiger partial charge in [0.05, 0.1) is 41.2 Å². The summed E-state index contributed by atoms with van der Waals surface area (Å²) in [5.74, 6) is 2.16. The van der Waals surface area contributed by atoms with E-state index in [0.717, 1.165) is 11.1 Å². The molecule has 0 saturated heterocycles. The Labute approximate surface area is 210 Å². The van der Waals surface area contributed by atoms with Crippen LogP contribution in [-0.2, 0) is 4.79 Å². The van der Waals surface area contributed by atoms with Gasteiger partial charge in [-0.3, -0.25) is 4.79 Å². The Morgan fingerprint density at radius 1 is 0.667 bits per heavy atom. The van der Waals surface area contributed by atoms with Crippen LogP contribution in [0.1, 0.15) is 16.7 Å². The summed E-state index contributed by atoms with van der Waals surface area (Å²) in [6.07, 6.45) is 6.81. The Morgan fingerprint density at radius 3 is 1.83 bits per heavy atom. The van der Waals surface area contributed by atoms with E-state index in [4.69, 9.17) is 23.7 Å². The molecule has 0 bridgehead atoms. The first kappa shape index (κ1) is 26.0. The van der Waals surface area contributed by atoms with Crippen LogP contribution >= 0.6 is 0 Å². The Hall–Kier alpha value is -4.59. The van der Waals surface area contributed by atoms with Crippen LogP contribution in [0.5, 0.6) is 34.5 Å². The van der Waals surface area contributed by atoms with E-state index in [1.165, 1.54) is 26.4 Å². The minimum atomic E-state index is -0.342. The predicted molar refractivity (Wildman–Crippen MR) is 140 cm³/mol. The maximum atomic E-state index is 12.6. The van der Waals surface area contributed by atoms with E-state index in [-0.39, 0.29) is 11.7 Å². The molecule has 3 aromatic rings. The predicted octanol–water partition coefficient (Wildman–Crippen LogP) is 5.26. The van der Waals surface area contributed by atoms with Crippen molar-refractivity contribution in [3.8, 4) is 34.5 Å². The van der Waals surface area contributed by atoms with Gasteiger partial charge in [0.15, 0.2) is 23.0 Å². The highest BCUT2D eigenvalue weighted by Gasteiger charge is 2.12. The molecule has 0 heterocycles. The highest BCUT2D eigenvalue weighted by molar-refractivity contribution is 6.03. The number of phenolic OH excluding ortho intramolecular Hbond substituents is 1. The highest BCUT2D eigenvalue weighted by atomic mass is 16.5. The Bertz CT molecular complexity index is 1260. The average Bonchev–Trinajstić information content (AvgIpc) is 2.90. The van der Waals surface area contributed by atoms with Crippen LogP contribution in [0.2, 0.25) is 0 Å². The molecular formula is C28H29NO7. The van der Waals surface area contributed by atoms with Crippen molar-refractivity contribution < 1.29 is 33.6 Å². The first-order valence-corrected chi connectivity index (χ1v) is 10.9. The summed E-state index contributed by atoms with van der Waals surface area (Å²) in [5.41, 5.74) is 2.90. The standard InChI is InChI=1S/C28H29NO7/c1-32-23-12-9-18(6-7-20-16-25(34-3)28(36-5)26(17-20)35-4)14-21(23)29-27(31)13-10-19-8-11-22(30)24(15-19)33-2/h6-17,30H,1-5H3,(H,29,31)/b7-6?,13-10+. The molecule has 0 radical (unpaired) electrons. The van der Waals surface area contributed by atoms with Crippen molar-refractivity contribution in [1.82, 2.24) is 0 Å². The third kappa shape index (κ3) is 6.29. The maximum Gasteiger partial charge on any atom is 0.248 e. The van der Waals surface area contributed by atoms with Gasteiger partial charge >= 0.3 is 0 Å². The first-order chi connectivity index (χ1) is 17.4. The van der Waals surface area contributed by atoms with E-state index in [9.17, 15) is 9.90 Å². The van der Waals surface area contributed by atoms with Crippen LogP contribution in [0.4, 0.5) is 5.69 Å². The quantitative estimate of drug-likeness (QED) is 0.295. The zero-order valence-electron chi connectivity index (χ0n) is 20.8. The second-order valence-electron chi connectivity index (χ2n) is 7.51. The number of amides is 1. The van der Waals surface area contributed by atoms with Gasteiger partial charge in [-0.25, -0.2) is 0 Å². The first-order valence-electron chi connectivity index (χ1n) is 10.9. The van der Waals surface area contributed by atoms with Gasteiger partial charge in [-0.15, -0.1) is 0 Å². The van der Waals surface area contributed by atoms with Crippen LogP contribution in [0.15, 0.2) is 54.6 Å². The molecule has 8 heteroatoms. The molecule has 0 spiro atoms. The van der Waals surface area contributed by atoms with Gasteiger partial charge in [0.2, 0.25) is 11.7 Å². The van der Waals surface area contributed by atoms with E-state index in [2.05, 4.69) is 5.32 Å². The van der Waals surface area contributed by atoms with Gasteiger partial charge in [0.1, 0.15) is 5.75 Å². The fourth-order valence-corrected chi connectivity index (χ4v) is 3.46. The Morgan fingerprint density at radius 2 is 1.22 bits per heavy atom. The Kier molecular flexibility index (Phi) is 8.83. The topological polar surface area (TPSA) is 95.5 Å². The second-order valence-corrected chi connectivity index (χ2v) is 7.51. The number of hydrogen-bond acceptors (Lipinski definition) is 7. The maximum absolute atomic E-state index is 12.6. The minimum absolute atomic E-state index is 0.0280. The molecule has 36 heavy (non-hydrogen) atoms. The van der Waals surface area contributed by atoms with Gasteiger partial charge in [-0.05, 0) is 59.2 Å². The van der Waals surface area contributed by atoms with Crippen molar-refractivity contribution >= 4 is 29.8 Å². The summed E-state index contributed by atoms with van der Waals surface area (Å²) in [6, 6.07) is 14.0. The van der Waals surface area contributed by atoms with Gasteiger partial charge in [0.25, 0.3) is 0 Å². The molecule has 3 aromatic carbocycles. The summed E-state index contributed by atoms with van der Waals surface area (Å²) in [7, 11) is 7.69. The lowest BCUT2D eigenvalue weighted by molar-refractivity contribution is -0.111. The van der Waals surface area contributed by atoms with Crippen molar-refractivity contribution in [2.75, 3.05) is 40.9 Å². The van der Waals surface area contributed by atoms with Crippen LogP contribution in [0.25, 0.3) is 18.2 Å². The molecule has 0 fully saturated rings. The molecule has 0 aromatic heterocycles. The number of rotatable bonds is 10. The van der Waals surface area contributed by atoms with E-state index in [0.29, 0.717) is 40.0 Å². The fraction of sp³-hybridized carbons (Fsp3) is 0.179. The number of ether oxygens (including phenoxy) is 5. The number of anilines is 1. The summed E-state index contributed by atoms with van der Waals surface area (Å²) in [6.45, 7) is 0. The van der Waals surface area contributed by atoms with Gasteiger partial charge < -0.3 is 34.1 Å². The van der Waals surface area contributed by atoms with E-state index < -0.39 is 0 Å². The summed E-state index contributed by atoms with van der Waals surface area (Å²) in [5, 5.41) is 12.6. The largest absolute Gasteiger partial charge is 0.504 e. The van der Waals surface area contributed by atoms with Gasteiger partial charge in [-0.1, -0.05) is 24.3 Å². The summed E-state index contributed by atoms with van der Waals surface area (Å²) < 4.78 is 26.7. The Balaban J connectivity index is 1.80. The summed E-state index contributed by atoms with van der Waals surface area (Å²) >= 11 is 0. The molecule has 0 saturated carbocycles. The molecule has 0 aliphatic rings. The smallest absolute Gasteiger partial charge is 0.248 e. The van der Waals surface area contributed by atoms with Gasteiger partial charge in [-0.2, -0.15) is 0 Å². The normalized spacial score (nSPS) is 10.9. The SMILES string of the molecule is COc1cc(/C=C/C(=O)Nc2cc(C=Cc3cc(OC)c(OC)c(OC)c3)ccc2OC)ccc1O. The van der Waals surface area contributed by atoms with Crippen molar-refractivity contribution in [3.05, 3.63) is 71.3 Å². The van der Waals surface area contributed by atoms with Crippen molar-refractivity contribution in [1.29, 1.82) is 0 Å². The number of aromatic hydroxyl groups is 1. The lowest BCUT2D eigenvalue weighted by atomic mass is 10.1. The number of carbonyl (C=O) groups excluding carboxylic acids is 1. The van der Waals surface area contributed by atoms with Crippen molar-refractivity contribution in [2.45, 2.75) is 0 Å². The average molecular weight is 492 g/mol. The number of methoxy groups -OCH3 is 5. The zero-order valence-corrected chi connectivity index (χ0v) is 20.8. The lowest BCUT2D eigenvalue weighted by Crippen LogP contribution is -2.09. The van der Waals surface area contributed by atoms with Gasteiger partial charge in [0, 0.05) is 6.08 Å². The van der Waals surface area contributed by atoms with Crippen molar-refractivity contribution in [2.24, 2.45) is 0 Å². The molecule has 1 amide bonds. The number of benzene rings is 3. The lowest BCUT2D eigenvalue weighted by Gasteiger charge is -2.13. The molecule has 0 aliphatic heterocycles. The van der Waals surface area contributed by atoms with Crippen molar-refractivity contribution in [3.63, 3.8) is 0 Å². The fourth-order valence-electron chi connectivity index (χ4n) is 3.46. The van der Waals surface area contributed by atoms with Crippen LogP contribution in [0.3, 0.4) is 0 Å². The molecule has 0 atom stereocenters. The second kappa shape index (κ2) is 12.2. The molecule has 0 aliphatic carbocycles. The number of nitrogens with one attached hydrogen (secondary N) is 1. The van der Waals surface area contributed by atoms with E-state index in [1.807, 2.05) is 36.4 Å². The highest BCUT2D eigenvalue weighted by Crippen LogP contribution is 2.38. The monoisotopic (exact) mass is 491 g/mol. The summed E-state index contributed by atoms with van der Waals surface area (Å²) in [4.78, 5) is 12.6. The molecule has 2 N–H and O–H groups in total. The number of carbonyl (C=O) groups is 1. The molecule has 8 nitrogen and oxygen atoms in total. The van der Waals surface area contributed by atoms with Crippen LogP contribution < -0.4 is 29.0 Å². The third-order valence-electron chi connectivity index (χ3n) is 5.27. The van der Waals surface area contributed by atoms with Crippen LogP contribution in [-0.4, -0.2) is 46.6 Å². The van der Waals surface area contributed by atoms with E-state index in [1.54, 1.807) is 45.6 Å². The molecule has 188 valence electrons. The molecule has 0 unspecified atom stereocenters. The minimum Gasteiger partial charge on any atom is -0.504 e. The van der Waals surface area contributed by atoms with E-state index >= 15 is 0 Å². The zero-order chi connectivity index (χ0) is 26.1. The third-order valence-corrected chi connectivity index (χ3v) is 5.27. The number of phenols is 1. The molecule has 3 rings (SSSR count).